The van der Waals surface area contributed by atoms with Crippen LogP contribution in [0.25, 0.3) is 6.08 Å². The predicted molar refractivity (Wildman–Crippen MR) is 104 cm³/mol. The van der Waals surface area contributed by atoms with Crippen LogP contribution in [-0.2, 0) is 10.2 Å². The van der Waals surface area contributed by atoms with Gasteiger partial charge in [-0.1, -0.05) is 51.1 Å². The first-order valence-corrected chi connectivity index (χ1v) is 8.41. The Morgan fingerprint density at radius 1 is 1.16 bits per heavy atom. The summed E-state index contributed by atoms with van der Waals surface area (Å²) in [6, 6.07) is 15.5. The zero-order valence-electron chi connectivity index (χ0n) is 15.1. The van der Waals surface area contributed by atoms with Crippen LogP contribution in [0.15, 0.2) is 54.6 Å². The van der Waals surface area contributed by atoms with E-state index in [-0.39, 0.29) is 11.3 Å². The maximum Gasteiger partial charge on any atom is 0.248 e. The van der Waals surface area contributed by atoms with E-state index in [1.807, 2.05) is 30.3 Å². The molecule has 25 heavy (non-hydrogen) atoms. The fraction of sp³-hybridized carbons (Fsp3) is 0.286. The lowest BCUT2D eigenvalue weighted by atomic mass is 9.87. The van der Waals surface area contributed by atoms with Crippen molar-refractivity contribution in [2.45, 2.75) is 26.2 Å². The molecule has 132 valence electrons. The largest absolute Gasteiger partial charge is 0.492 e. The van der Waals surface area contributed by atoms with Gasteiger partial charge in [-0.2, -0.15) is 0 Å². The molecule has 0 unspecified atom stereocenters. The zero-order valence-corrected chi connectivity index (χ0v) is 15.1. The highest BCUT2D eigenvalue weighted by Crippen LogP contribution is 2.22. The summed E-state index contributed by atoms with van der Waals surface area (Å²) in [5.74, 6) is 0.501. The molecule has 0 aliphatic heterocycles. The summed E-state index contributed by atoms with van der Waals surface area (Å²) in [6.45, 7) is 7.43. The number of amides is 1. The van der Waals surface area contributed by atoms with Gasteiger partial charge in [0, 0.05) is 24.4 Å². The summed E-state index contributed by atoms with van der Waals surface area (Å²) < 4.78 is 5.45. The van der Waals surface area contributed by atoms with E-state index in [9.17, 15) is 4.79 Å². The molecule has 1 amide bonds. The van der Waals surface area contributed by atoms with Crippen LogP contribution < -0.4 is 15.8 Å². The van der Waals surface area contributed by atoms with Crippen LogP contribution in [0, 0.1) is 0 Å². The number of anilines is 1. The van der Waals surface area contributed by atoms with Crippen LogP contribution in [0.2, 0.25) is 0 Å². The first-order valence-electron chi connectivity index (χ1n) is 8.41. The van der Waals surface area contributed by atoms with Gasteiger partial charge in [0.25, 0.3) is 0 Å². The quantitative estimate of drug-likeness (QED) is 0.783. The van der Waals surface area contributed by atoms with E-state index >= 15 is 0 Å². The lowest BCUT2D eigenvalue weighted by Gasteiger charge is -2.18. The Bertz CT molecular complexity index is 728. The molecular formula is C21H26N2O2. The molecule has 4 nitrogen and oxygen atoms in total. The van der Waals surface area contributed by atoms with E-state index in [4.69, 9.17) is 10.5 Å². The highest BCUT2D eigenvalue weighted by atomic mass is 16.5. The van der Waals surface area contributed by atoms with Crippen molar-refractivity contribution in [1.82, 2.24) is 0 Å². The first-order chi connectivity index (χ1) is 11.9. The number of nitrogens with two attached hydrogens (primary N) is 1. The number of benzene rings is 2. The smallest absolute Gasteiger partial charge is 0.248 e. The van der Waals surface area contributed by atoms with Crippen molar-refractivity contribution in [3.63, 3.8) is 0 Å². The van der Waals surface area contributed by atoms with Crippen LogP contribution in [-0.4, -0.2) is 19.1 Å². The highest BCUT2D eigenvalue weighted by Gasteiger charge is 2.12. The molecule has 0 atom stereocenters. The molecule has 0 fully saturated rings. The maximum absolute atomic E-state index is 12.1. The molecule has 3 N–H and O–H groups in total. The van der Waals surface area contributed by atoms with Crippen LogP contribution in [0.5, 0.6) is 5.75 Å². The van der Waals surface area contributed by atoms with Crippen LogP contribution >= 0.6 is 0 Å². The van der Waals surface area contributed by atoms with E-state index in [1.165, 1.54) is 11.6 Å². The molecule has 0 aliphatic rings. The lowest BCUT2D eigenvalue weighted by Crippen LogP contribution is -2.11. The Morgan fingerprint density at radius 3 is 2.52 bits per heavy atom. The summed E-state index contributed by atoms with van der Waals surface area (Å²) in [5.41, 5.74) is 8.48. The molecule has 4 heteroatoms. The van der Waals surface area contributed by atoms with Gasteiger partial charge in [-0.3, -0.25) is 4.79 Å². The molecular weight excluding hydrogens is 312 g/mol. The average molecular weight is 338 g/mol. The molecule has 2 aromatic carbocycles. The molecule has 0 saturated heterocycles. The SMILES string of the molecule is CC(C)(C)c1ccc(/C=C/C(=O)Nc2cccc(OCCN)c2)cc1. The van der Waals surface area contributed by atoms with Crippen molar-refractivity contribution in [2.24, 2.45) is 5.73 Å². The predicted octanol–water partition coefficient (Wildman–Crippen LogP) is 3.97. The van der Waals surface area contributed by atoms with Gasteiger partial charge in [-0.05, 0) is 34.8 Å². The second-order valence-corrected chi connectivity index (χ2v) is 6.86. The third kappa shape index (κ3) is 6.08. The number of carbonyl (C=O) groups excluding carboxylic acids is 1. The standard InChI is InChI=1S/C21H26N2O2/c1-21(2,3)17-10-7-16(8-11-17)9-12-20(24)23-18-5-4-6-19(15-18)25-14-13-22/h4-12,15H,13-14,22H2,1-3H3,(H,23,24)/b12-9+. The fourth-order valence-corrected chi connectivity index (χ4v) is 2.29. The molecule has 0 radical (unpaired) electrons. The molecule has 2 aromatic rings. The van der Waals surface area contributed by atoms with E-state index < -0.39 is 0 Å². The van der Waals surface area contributed by atoms with Crippen molar-refractivity contribution in [3.05, 3.63) is 65.7 Å². The summed E-state index contributed by atoms with van der Waals surface area (Å²) in [4.78, 5) is 12.1. The van der Waals surface area contributed by atoms with Crippen molar-refractivity contribution >= 4 is 17.7 Å². The number of hydrogen-bond donors (Lipinski definition) is 2. The summed E-state index contributed by atoms with van der Waals surface area (Å²) in [6.07, 6.45) is 3.33. The van der Waals surface area contributed by atoms with E-state index in [2.05, 4.69) is 38.2 Å². The molecule has 0 aromatic heterocycles. The van der Waals surface area contributed by atoms with Gasteiger partial charge in [-0.25, -0.2) is 0 Å². The van der Waals surface area contributed by atoms with Gasteiger partial charge in [-0.15, -0.1) is 0 Å². The summed E-state index contributed by atoms with van der Waals surface area (Å²) in [5, 5.41) is 2.83. The van der Waals surface area contributed by atoms with E-state index in [1.54, 1.807) is 12.1 Å². The van der Waals surface area contributed by atoms with Gasteiger partial charge in [0.05, 0.1) is 0 Å². The number of rotatable bonds is 6. The Morgan fingerprint density at radius 2 is 1.88 bits per heavy atom. The Kier molecular flexibility index (Phi) is 6.37. The van der Waals surface area contributed by atoms with Gasteiger partial charge in [0.2, 0.25) is 5.91 Å². The van der Waals surface area contributed by atoms with Crippen LogP contribution in [0.4, 0.5) is 5.69 Å². The Balaban J connectivity index is 1.96. The van der Waals surface area contributed by atoms with Gasteiger partial charge in [0.15, 0.2) is 0 Å². The molecule has 0 heterocycles. The number of carbonyl (C=O) groups is 1. The summed E-state index contributed by atoms with van der Waals surface area (Å²) in [7, 11) is 0. The number of ether oxygens (including phenoxy) is 1. The zero-order chi connectivity index (χ0) is 18.3. The Labute approximate surface area is 149 Å². The van der Waals surface area contributed by atoms with E-state index in [0.29, 0.717) is 24.6 Å². The van der Waals surface area contributed by atoms with Crippen molar-refractivity contribution in [2.75, 3.05) is 18.5 Å². The van der Waals surface area contributed by atoms with Crippen LogP contribution in [0.3, 0.4) is 0 Å². The van der Waals surface area contributed by atoms with Gasteiger partial charge >= 0.3 is 0 Å². The maximum atomic E-state index is 12.1. The average Bonchev–Trinajstić information content (AvgIpc) is 2.58. The number of hydrogen-bond acceptors (Lipinski definition) is 3. The molecule has 2 rings (SSSR count). The normalized spacial score (nSPS) is 11.5. The summed E-state index contributed by atoms with van der Waals surface area (Å²) >= 11 is 0. The third-order valence-electron chi connectivity index (χ3n) is 3.69. The number of nitrogens with one attached hydrogen (secondary N) is 1. The molecule has 0 spiro atoms. The molecule has 0 bridgehead atoms. The van der Waals surface area contributed by atoms with Crippen molar-refractivity contribution in [1.29, 1.82) is 0 Å². The highest BCUT2D eigenvalue weighted by molar-refractivity contribution is 6.02. The molecule has 0 saturated carbocycles. The first kappa shape index (κ1) is 18.7. The molecule has 0 aliphatic carbocycles. The second-order valence-electron chi connectivity index (χ2n) is 6.86. The Hall–Kier alpha value is -2.59. The minimum atomic E-state index is -0.184. The van der Waals surface area contributed by atoms with Crippen LogP contribution in [0.1, 0.15) is 31.9 Å². The van der Waals surface area contributed by atoms with Crippen molar-refractivity contribution in [3.8, 4) is 5.75 Å². The fourth-order valence-electron chi connectivity index (χ4n) is 2.29. The van der Waals surface area contributed by atoms with E-state index in [0.717, 1.165) is 5.56 Å². The second kappa shape index (κ2) is 8.49. The van der Waals surface area contributed by atoms with Gasteiger partial charge in [0.1, 0.15) is 12.4 Å². The van der Waals surface area contributed by atoms with Crippen molar-refractivity contribution < 1.29 is 9.53 Å². The topological polar surface area (TPSA) is 64.3 Å². The lowest BCUT2D eigenvalue weighted by molar-refractivity contribution is -0.111. The minimum absolute atomic E-state index is 0.122. The minimum Gasteiger partial charge on any atom is -0.492 e. The third-order valence-corrected chi connectivity index (χ3v) is 3.69. The van der Waals surface area contributed by atoms with Gasteiger partial charge < -0.3 is 15.8 Å². The monoisotopic (exact) mass is 338 g/mol.